The molecule has 0 saturated heterocycles. The average molecular weight is 424 g/mol. The first-order valence-corrected chi connectivity index (χ1v) is 10.5. The number of benzene rings is 2. The number of urea groups is 1. The quantitative estimate of drug-likeness (QED) is 0.535. The van der Waals surface area contributed by atoms with Crippen molar-refractivity contribution >= 4 is 23.5 Å². The van der Waals surface area contributed by atoms with Crippen LogP contribution in [0.1, 0.15) is 41.8 Å². The van der Waals surface area contributed by atoms with Gasteiger partial charge in [0.15, 0.2) is 0 Å². The largest absolute Gasteiger partial charge is 0.362 e. The van der Waals surface area contributed by atoms with E-state index in [1.807, 2.05) is 36.9 Å². The molecule has 1 aliphatic rings. The predicted octanol–water partition coefficient (Wildman–Crippen LogP) is 2.11. The summed E-state index contributed by atoms with van der Waals surface area (Å²) in [4.78, 5) is 38.3. The van der Waals surface area contributed by atoms with Crippen molar-refractivity contribution in [2.75, 3.05) is 18.0 Å². The molecule has 0 fully saturated rings. The number of rotatable bonds is 6. The van der Waals surface area contributed by atoms with Gasteiger partial charge >= 0.3 is 6.03 Å². The molecule has 0 aromatic heterocycles. The minimum atomic E-state index is -0.399. The molecule has 4 amide bonds. The van der Waals surface area contributed by atoms with Gasteiger partial charge in [0.1, 0.15) is 0 Å². The lowest BCUT2D eigenvalue weighted by molar-refractivity contribution is -0.120. The molecule has 31 heavy (non-hydrogen) atoms. The Bertz CT molecular complexity index is 927. The van der Waals surface area contributed by atoms with Gasteiger partial charge in [0.2, 0.25) is 0 Å². The van der Waals surface area contributed by atoms with Crippen LogP contribution in [0.3, 0.4) is 0 Å². The Labute approximate surface area is 182 Å². The molecule has 0 saturated carbocycles. The second-order valence-electron chi connectivity index (χ2n) is 7.83. The lowest BCUT2D eigenvalue weighted by atomic mass is 10.0. The Morgan fingerprint density at radius 3 is 2.48 bits per heavy atom. The van der Waals surface area contributed by atoms with Crippen LogP contribution in [-0.2, 0) is 17.8 Å². The molecule has 1 heterocycles. The van der Waals surface area contributed by atoms with E-state index in [2.05, 4.69) is 27.6 Å². The number of aryl methyl sites for hydroxylation is 1. The highest BCUT2D eigenvalue weighted by Gasteiger charge is 2.19. The van der Waals surface area contributed by atoms with Gasteiger partial charge in [-0.15, -0.1) is 0 Å². The van der Waals surface area contributed by atoms with Crippen LogP contribution in [0.25, 0.3) is 0 Å². The SMILES string of the molecule is CC(C)NC(=O)NCc1ccc(C(=O)NNC(=O)CN2CCCc3ccccc32)cc1. The highest BCUT2D eigenvalue weighted by molar-refractivity contribution is 5.95. The second kappa shape index (κ2) is 10.5. The Morgan fingerprint density at radius 2 is 1.74 bits per heavy atom. The maximum atomic E-state index is 12.3. The lowest BCUT2D eigenvalue weighted by Gasteiger charge is -2.30. The molecular formula is C23H29N5O3. The minimum absolute atomic E-state index is 0.0611. The van der Waals surface area contributed by atoms with Crippen molar-refractivity contribution in [2.24, 2.45) is 0 Å². The fourth-order valence-corrected chi connectivity index (χ4v) is 3.46. The smallest absolute Gasteiger partial charge is 0.315 e. The number of hydrazine groups is 1. The maximum absolute atomic E-state index is 12.3. The van der Waals surface area contributed by atoms with Gasteiger partial charge in [0.25, 0.3) is 11.8 Å². The van der Waals surface area contributed by atoms with Gasteiger partial charge in [-0.25, -0.2) is 4.79 Å². The Hall–Kier alpha value is -3.55. The van der Waals surface area contributed by atoms with E-state index < -0.39 is 5.91 Å². The Morgan fingerprint density at radius 1 is 1.00 bits per heavy atom. The molecule has 0 radical (unpaired) electrons. The van der Waals surface area contributed by atoms with Gasteiger partial charge in [-0.2, -0.15) is 0 Å². The van der Waals surface area contributed by atoms with Crippen LogP contribution in [-0.4, -0.2) is 37.0 Å². The van der Waals surface area contributed by atoms with Gasteiger partial charge < -0.3 is 15.5 Å². The standard InChI is InChI=1S/C23H29N5O3/c1-16(2)25-23(31)24-14-17-9-11-19(12-10-17)22(30)27-26-21(29)15-28-13-5-7-18-6-3-4-8-20(18)28/h3-4,6,8-12,16H,5,7,13-15H2,1-2H3,(H,26,29)(H,27,30)(H2,24,25,31). The van der Waals surface area contributed by atoms with Crippen LogP contribution in [0.15, 0.2) is 48.5 Å². The summed E-state index contributed by atoms with van der Waals surface area (Å²) >= 11 is 0. The molecule has 0 unspecified atom stereocenters. The van der Waals surface area contributed by atoms with Crippen molar-refractivity contribution in [3.63, 3.8) is 0 Å². The van der Waals surface area contributed by atoms with E-state index in [0.717, 1.165) is 30.6 Å². The zero-order valence-electron chi connectivity index (χ0n) is 17.9. The van der Waals surface area contributed by atoms with Crippen LogP contribution < -0.4 is 26.4 Å². The van der Waals surface area contributed by atoms with E-state index in [-0.39, 0.29) is 24.5 Å². The number of para-hydroxylation sites is 1. The zero-order valence-corrected chi connectivity index (χ0v) is 17.9. The average Bonchev–Trinajstić information content (AvgIpc) is 2.76. The van der Waals surface area contributed by atoms with Crippen molar-refractivity contribution in [1.82, 2.24) is 21.5 Å². The number of nitrogens with zero attached hydrogens (tertiary/aromatic N) is 1. The van der Waals surface area contributed by atoms with Gasteiger partial charge in [-0.3, -0.25) is 20.4 Å². The highest BCUT2D eigenvalue weighted by Crippen LogP contribution is 2.26. The molecule has 1 aliphatic heterocycles. The van der Waals surface area contributed by atoms with E-state index in [9.17, 15) is 14.4 Å². The summed E-state index contributed by atoms with van der Waals surface area (Å²) in [5.41, 5.74) is 8.53. The molecule has 2 aromatic rings. The van der Waals surface area contributed by atoms with Crippen LogP contribution in [0.5, 0.6) is 0 Å². The first kappa shape index (κ1) is 22.1. The molecule has 0 aliphatic carbocycles. The van der Waals surface area contributed by atoms with Crippen molar-refractivity contribution in [2.45, 2.75) is 39.3 Å². The first-order valence-electron chi connectivity index (χ1n) is 10.5. The van der Waals surface area contributed by atoms with E-state index in [1.165, 1.54) is 5.56 Å². The third-order valence-corrected chi connectivity index (χ3v) is 4.95. The monoisotopic (exact) mass is 423 g/mol. The van der Waals surface area contributed by atoms with E-state index in [0.29, 0.717) is 12.1 Å². The minimum Gasteiger partial charge on any atom is -0.362 e. The molecule has 4 N–H and O–H groups in total. The number of fused-ring (bicyclic) bond motifs is 1. The summed E-state index contributed by atoms with van der Waals surface area (Å²) < 4.78 is 0. The molecule has 8 nitrogen and oxygen atoms in total. The molecule has 0 atom stereocenters. The van der Waals surface area contributed by atoms with E-state index in [4.69, 9.17) is 0 Å². The number of anilines is 1. The summed E-state index contributed by atoms with van der Waals surface area (Å²) in [6.45, 7) is 5.12. The van der Waals surface area contributed by atoms with Gasteiger partial charge in [-0.05, 0) is 56.0 Å². The fraction of sp³-hybridized carbons (Fsp3) is 0.348. The number of nitrogens with one attached hydrogen (secondary N) is 4. The van der Waals surface area contributed by atoms with Crippen LogP contribution in [0.4, 0.5) is 10.5 Å². The molecular weight excluding hydrogens is 394 g/mol. The first-order chi connectivity index (χ1) is 14.9. The van der Waals surface area contributed by atoms with E-state index in [1.54, 1.807) is 24.3 Å². The topological polar surface area (TPSA) is 103 Å². The molecule has 0 spiro atoms. The third kappa shape index (κ3) is 6.47. The highest BCUT2D eigenvalue weighted by atomic mass is 16.2. The normalized spacial score (nSPS) is 12.7. The number of hydrogen-bond acceptors (Lipinski definition) is 4. The van der Waals surface area contributed by atoms with Gasteiger partial charge in [0.05, 0.1) is 6.54 Å². The van der Waals surface area contributed by atoms with Gasteiger partial charge in [0, 0.05) is 30.4 Å². The number of carbonyl (C=O) groups excluding carboxylic acids is 3. The molecule has 8 heteroatoms. The van der Waals surface area contributed by atoms with Crippen LogP contribution in [0.2, 0.25) is 0 Å². The summed E-state index contributed by atoms with van der Waals surface area (Å²) in [6, 6.07) is 14.7. The van der Waals surface area contributed by atoms with Crippen molar-refractivity contribution < 1.29 is 14.4 Å². The summed E-state index contributed by atoms with van der Waals surface area (Å²) in [5.74, 6) is -0.675. The second-order valence-corrected chi connectivity index (χ2v) is 7.83. The molecule has 0 bridgehead atoms. The number of amides is 4. The number of hydrogen-bond donors (Lipinski definition) is 4. The zero-order chi connectivity index (χ0) is 22.2. The van der Waals surface area contributed by atoms with Gasteiger partial charge in [-0.1, -0.05) is 30.3 Å². The van der Waals surface area contributed by atoms with Crippen LogP contribution >= 0.6 is 0 Å². The molecule has 164 valence electrons. The summed E-state index contributed by atoms with van der Waals surface area (Å²) in [5, 5.41) is 5.50. The fourth-order valence-electron chi connectivity index (χ4n) is 3.46. The maximum Gasteiger partial charge on any atom is 0.315 e. The summed E-state index contributed by atoms with van der Waals surface area (Å²) in [6.07, 6.45) is 2.01. The Kier molecular flexibility index (Phi) is 7.48. The van der Waals surface area contributed by atoms with Crippen molar-refractivity contribution in [3.8, 4) is 0 Å². The molecule has 2 aromatic carbocycles. The summed E-state index contributed by atoms with van der Waals surface area (Å²) in [7, 11) is 0. The molecule has 3 rings (SSSR count). The van der Waals surface area contributed by atoms with Crippen LogP contribution in [0, 0.1) is 0 Å². The van der Waals surface area contributed by atoms with Crippen molar-refractivity contribution in [1.29, 1.82) is 0 Å². The van der Waals surface area contributed by atoms with Crippen molar-refractivity contribution in [3.05, 3.63) is 65.2 Å². The van der Waals surface area contributed by atoms with E-state index >= 15 is 0 Å². The third-order valence-electron chi connectivity index (χ3n) is 4.95. The Balaban J connectivity index is 1.45. The predicted molar refractivity (Wildman–Crippen MR) is 120 cm³/mol. The lowest BCUT2D eigenvalue weighted by Crippen LogP contribution is -2.47. The number of carbonyl (C=O) groups is 3.